The Kier molecular flexibility index (Phi) is 7.19. The van der Waals surface area contributed by atoms with Gasteiger partial charge < -0.3 is 15.4 Å². The van der Waals surface area contributed by atoms with E-state index in [2.05, 4.69) is 37.3 Å². The molecule has 1 aromatic carbocycles. The highest BCUT2D eigenvalue weighted by Gasteiger charge is 2.20. The third kappa shape index (κ3) is 6.68. The van der Waals surface area contributed by atoms with Crippen LogP contribution in [0.4, 0.5) is 0 Å². The minimum atomic E-state index is -0.879. The van der Waals surface area contributed by atoms with Crippen molar-refractivity contribution in [3.05, 3.63) is 35.4 Å². The summed E-state index contributed by atoms with van der Waals surface area (Å²) in [5.41, 5.74) is 1.54. The Morgan fingerprint density at radius 2 is 1.80 bits per heavy atom. The summed E-state index contributed by atoms with van der Waals surface area (Å²) in [5, 5.41) is 4.91. The highest BCUT2D eigenvalue weighted by molar-refractivity contribution is 5.96. The number of hydrogen-bond acceptors (Lipinski definition) is 4. The Morgan fingerprint density at radius 1 is 1.20 bits per heavy atom. The Hall–Kier alpha value is -2.81. The maximum atomic E-state index is 12.2. The van der Waals surface area contributed by atoms with E-state index in [0.717, 1.165) is 5.56 Å². The first-order valence-electron chi connectivity index (χ1n) is 7.93. The van der Waals surface area contributed by atoms with Crippen molar-refractivity contribution in [2.75, 3.05) is 13.2 Å². The number of esters is 1. The van der Waals surface area contributed by atoms with Gasteiger partial charge in [-0.2, -0.15) is 0 Å². The van der Waals surface area contributed by atoms with Crippen LogP contribution in [0.5, 0.6) is 0 Å². The summed E-state index contributed by atoms with van der Waals surface area (Å²) in [6.45, 7) is 7.36. The predicted molar refractivity (Wildman–Crippen MR) is 94.9 cm³/mol. The van der Waals surface area contributed by atoms with Crippen molar-refractivity contribution in [3.63, 3.8) is 0 Å². The molecule has 6 heteroatoms. The molecule has 0 unspecified atom stereocenters. The van der Waals surface area contributed by atoms with Crippen LogP contribution in [0.3, 0.4) is 0 Å². The first-order chi connectivity index (χ1) is 11.6. The van der Waals surface area contributed by atoms with Gasteiger partial charge in [0.25, 0.3) is 11.8 Å². The lowest BCUT2D eigenvalue weighted by Gasteiger charge is -2.19. The van der Waals surface area contributed by atoms with E-state index in [1.165, 1.54) is 6.92 Å². The van der Waals surface area contributed by atoms with Crippen LogP contribution in [0.15, 0.2) is 24.3 Å². The third-order valence-electron chi connectivity index (χ3n) is 3.45. The molecule has 0 aliphatic carbocycles. The molecule has 134 valence electrons. The number of benzene rings is 1. The van der Waals surface area contributed by atoms with E-state index < -0.39 is 24.5 Å². The van der Waals surface area contributed by atoms with E-state index in [9.17, 15) is 14.4 Å². The van der Waals surface area contributed by atoms with Crippen molar-refractivity contribution >= 4 is 17.8 Å². The summed E-state index contributed by atoms with van der Waals surface area (Å²) in [6, 6.07) is 6.31. The zero-order chi connectivity index (χ0) is 19.0. The Labute approximate surface area is 148 Å². The molecule has 0 bridgehead atoms. The summed E-state index contributed by atoms with van der Waals surface area (Å²) in [4.78, 5) is 35.3. The molecule has 0 saturated carbocycles. The maximum absolute atomic E-state index is 12.2. The maximum Gasteiger partial charge on any atom is 0.328 e. The molecule has 0 fully saturated rings. The number of ether oxygens (including phenoxy) is 1. The van der Waals surface area contributed by atoms with E-state index in [1.807, 2.05) is 12.1 Å². The van der Waals surface area contributed by atoms with Crippen LogP contribution in [0.25, 0.3) is 0 Å². The summed E-state index contributed by atoms with van der Waals surface area (Å²) >= 11 is 0. The highest BCUT2D eigenvalue weighted by Crippen LogP contribution is 2.22. The molecule has 25 heavy (non-hydrogen) atoms. The zero-order valence-electron chi connectivity index (χ0n) is 15.0. The first-order valence-corrected chi connectivity index (χ1v) is 7.93. The van der Waals surface area contributed by atoms with Crippen molar-refractivity contribution in [3.8, 4) is 12.3 Å². The standard InChI is InChI=1S/C19H24N2O4/c1-6-11-20-16(22)12-25-18(24)13(2)21-17(23)14-7-9-15(10-8-14)19(3,4)5/h1,7-10,13H,11-12H2,2-5H3,(H,20,22)(H,21,23)/t13-/m0/s1. The normalized spacial score (nSPS) is 11.8. The number of amides is 2. The molecule has 1 aromatic rings. The van der Waals surface area contributed by atoms with Crippen molar-refractivity contribution in [2.24, 2.45) is 0 Å². The smallest absolute Gasteiger partial charge is 0.328 e. The van der Waals surface area contributed by atoms with Gasteiger partial charge >= 0.3 is 5.97 Å². The number of terminal acetylenes is 1. The first kappa shape index (κ1) is 20.2. The third-order valence-corrected chi connectivity index (χ3v) is 3.45. The van der Waals surface area contributed by atoms with Crippen LogP contribution < -0.4 is 10.6 Å². The second-order valence-electron chi connectivity index (χ2n) is 6.61. The highest BCUT2D eigenvalue weighted by atomic mass is 16.5. The molecule has 0 aromatic heterocycles. The van der Waals surface area contributed by atoms with Crippen LogP contribution in [-0.2, 0) is 19.7 Å². The lowest BCUT2D eigenvalue weighted by Crippen LogP contribution is -2.41. The van der Waals surface area contributed by atoms with Crippen molar-refractivity contribution < 1.29 is 19.1 Å². The van der Waals surface area contributed by atoms with Crippen LogP contribution in [0.1, 0.15) is 43.6 Å². The lowest BCUT2D eigenvalue weighted by molar-refractivity contribution is -0.149. The molecule has 0 spiro atoms. The number of rotatable bonds is 6. The number of carbonyl (C=O) groups is 3. The van der Waals surface area contributed by atoms with E-state index in [1.54, 1.807) is 12.1 Å². The largest absolute Gasteiger partial charge is 0.454 e. The predicted octanol–water partition coefficient (Wildman–Crippen LogP) is 1.40. The van der Waals surface area contributed by atoms with Gasteiger partial charge in [0, 0.05) is 5.56 Å². The molecule has 6 nitrogen and oxygen atoms in total. The fraction of sp³-hybridized carbons (Fsp3) is 0.421. The Balaban J connectivity index is 2.54. The Bertz CT molecular complexity index is 666. The van der Waals surface area contributed by atoms with E-state index in [4.69, 9.17) is 11.2 Å². The average molecular weight is 344 g/mol. The molecule has 1 rings (SSSR count). The van der Waals surface area contributed by atoms with Crippen molar-refractivity contribution in [1.29, 1.82) is 0 Å². The molecule has 0 heterocycles. The molecular formula is C19H24N2O4. The summed E-state index contributed by atoms with van der Waals surface area (Å²) in [7, 11) is 0. The zero-order valence-corrected chi connectivity index (χ0v) is 15.0. The molecule has 1 atom stereocenters. The number of hydrogen-bond donors (Lipinski definition) is 2. The van der Waals surface area contributed by atoms with Crippen LogP contribution in [0, 0.1) is 12.3 Å². The fourth-order valence-corrected chi connectivity index (χ4v) is 1.92. The van der Waals surface area contributed by atoms with E-state index in [0.29, 0.717) is 5.56 Å². The summed E-state index contributed by atoms with van der Waals surface area (Å²) in [6.07, 6.45) is 5.00. The van der Waals surface area contributed by atoms with Crippen molar-refractivity contribution in [1.82, 2.24) is 10.6 Å². The van der Waals surface area contributed by atoms with Gasteiger partial charge in [-0.25, -0.2) is 4.79 Å². The van der Waals surface area contributed by atoms with Gasteiger partial charge in [0.1, 0.15) is 6.04 Å². The molecule has 0 saturated heterocycles. The quantitative estimate of drug-likeness (QED) is 0.603. The van der Waals surface area contributed by atoms with Gasteiger partial charge in [-0.3, -0.25) is 9.59 Å². The second-order valence-corrected chi connectivity index (χ2v) is 6.61. The topological polar surface area (TPSA) is 84.5 Å². The van der Waals surface area contributed by atoms with Crippen LogP contribution >= 0.6 is 0 Å². The van der Waals surface area contributed by atoms with Crippen LogP contribution in [0.2, 0.25) is 0 Å². The lowest BCUT2D eigenvalue weighted by atomic mass is 9.86. The fourth-order valence-electron chi connectivity index (χ4n) is 1.92. The SMILES string of the molecule is C#CCNC(=O)COC(=O)[C@H](C)NC(=O)c1ccc(C(C)(C)C)cc1. The molecular weight excluding hydrogens is 320 g/mol. The van der Waals surface area contributed by atoms with Gasteiger partial charge in [0.05, 0.1) is 6.54 Å². The minimum absolute atomic E-state index is 0.00784. The van der Waals surface area contributed by atoms with Gasteiger partial charge in [0.15, 0.2) is 6.61 Å². The molecule has 0 aliphatic heterocycles. The van der Waals surface area contributed by atoms with Gasteiger partial charge in [-0.1, -0.05) is 38.8 Å². The average Bonchev–Trinajstić information content (AvgIpc) is 2.56. The van der Waals surface area contributed by atoms with E-state index in [-0.39, 0.29) is 17.9 Å². The van der Waals surface area contributed by atoms with Gasteiger partial charge in [-0.05, 0) is 30.0 Å². The molecule has 2 N–H and O–H groups in total. The van der Waals surface area contributed by atoms with Gasteiger partial charge in [-0.15, -0.1) is 6.42 Å². The number of carbonyl (C=O) groups excluding carboxylic acids is 3. The monoisotopic (exact) mass is 344 g/mol. The molecule has 0 radical (unpaired) electrons. The van der Waals surface area contributed by atoms with Crippen LogP contribution in [-0.4, -0.2) is 37.0 Å². The Morgan fingerprint density at radius 3 is 2.32 bits per heavy atom. The molecule has 2 amide bonds. The van der Waals surface area contributed by atoms with Gasteiger partial charge in [0.2, 0.25) is 0 Å². The molecule has 0 aliphatic rings. The number of nitrogens with one attached hydrogen (secondary N) is 2. The summed E-state index contributed by atoms with van der Waals surface area (Å²) in [5.74, 6) is 0.653. The summed E-state index contributed by atoms with van der Waals surface area (Å²) < 4.78 is 4.83. The second kappa shape index (κ2) is 8.88. The van der Waals surface area contributed by atoms with E-state index >= 15 is 0 Å². The van der Waals surface area contributed by atoms with Crippen molar-refractivity contribution in [2.45, 2.75) is 39.2 Å². The minimum Gasteiger partial charge on any atom is -0.454 e.